The third-order valence-electron chi connectivity index (χ3n) is 2.79. The number of nitrogens with one attached hydrogen (secondary N) is 1. The number of hydrazine groups is 1. The van der Waals surface area contributed by atoms with Crippen LogP contribution in [0.5, 0.6) is 0 Å². The van der Waals surface area contributed by atoms with Gasteiger partial charge in [0, 0.05) is 24.0 Å². The molecule has 5 nitrogen and oxygen atoms in total. The van der Waals surface area contributed by atoms with Gasteiger partial charge >= 0.3 is 0 Å². The molecule has 7 heteroatoms. The van der Waals surface area contributed by atoms with Gasteiger partial charge in [0.05, 0.1) is 5.69 Å². The Morgan fingerprint density at radius 3 is 2.65 bits per heavy atom. The van der Waals surface area contributed by atoms with Crippen LogP contribution in [0.4, 0.5) is 8.78 Å². The third kappa shape index (κ3) is 2.43. The summed E-state index contributed by atoms with van der Waals surface area (Å²) in [6.45, 7) is 1.54. The molecule has 1 heterocycles. The Labute approximate surface area is 112 Å². The van der Waals surface area contributed by atoms with Crippen molar-refractivity contribution in [3.8, 4) is 5.69 Å². The number of halogens is 2. The lowest BCUT2D eigenvalue weighted by molar-refractivity contribution is 0.0952. The monoisotopic (exact) mass is 279 g/mol. The molecule has 0 radical (unpaired) electrons. The quantitative estimate of drug-likeness (QED) is 0.489. The lowest BCUT2D eigenvalue weighted by atomic mass is 10.2. The van der Waals surface area contributed by atoms with Crippen LogP contribution in [0.15, 0.2) is 35.3 Å². The van der Waals surface area contributed by atoms with Crippen molar-refractivity contribution in [2.24, 2.45) is 5.84 Å². The second kappa shape index (κ2) is 5.22. The summed E-state index contributed by atoms with van der Waals surface area (Å²) in [5.41, 5.74) is 1.26. The summed E-state index contributed by atoms with van der Waals surface area (Å²) < 4.78 is 28.2. The Hall–Kier alpha value is -2.54. The van der Waals surface area contributed by atoms with Crippen molar-refractivity contribution >= 4 is 5.91 Å². The average Bonchev–Trinajstić information content (AvgIpc) is 2.41. The van der Waals surface area contributed by atoms with Crippen molar-refractivity contribution in [1.82, 2.24) is 9.99 Å². The first-order chi connectivity index (χ1) is 9.43. The highest BCUT2D eigenvalue weighted by atomic mass is 19.1. The second-order valence-corrected chi connectivity index (χ2v) is 4.13. The maximum atomic E-state index is 13.8. The summed E-state index contributed by atoms with van der Waals surface area (Å²) >= 11 is 0. The molecule has 20 heavy (non-hydrogen) atoms. The van der Waals surface area contributed by atoms with Crippen LogP contribution in [0, 0.1) is 18.6 Å². The molecule has 0 aliphatic carbocycles. The molecular weight excluding hydrogens is 268 g/mol. The number of hydrogen-bond donors (Lipinski definition) is 2. The van der Waals surface area contributed by atoms with Gasteiger partial charge in [0.1, 0.15) is 17.2 Å². The molecule has 0 fully saturated rings. The Kier molecular flexibility index (Phi) is 3.62. The molecule has 3 N–H and O–H groups in total. The van der Waals surface area contributed by atoms with Crippen molar-refractivity contribution in [3.05, 3.63) is 63.6 Å². The average molecular weight is 279 g/mol. The van der Waals surface area contributed by atoms with Gasteiger partial charge in [-0.05, 0) is 19.1 Å². The van der Waals surface area contributed by atoms with E-state index in [4.69, 9.17) is 5.84 Å². The van der Waals surface area contributed by atoms with Gasteiger partial charge < -0.3 is 4.57 Å². The van der Waals surface area contributed by atoms with Crippen LogP contribution in [0.25, 0.3) is 5.69 Å². The SMILES string of the molecule is Cc1cc(=O)c(C(=O)NN)cn1-c1cc(F)ccc1F. The topological polar surface area (TPSA) is 77.1 Å². The summed E-state index contributed by atoms with van der Waals surface area (Å²) in [7, 11) is 0. The van der Waals surface area contributed by atoms with Gasteiger partial charge in [-0.3, -0.25) is 15.0 Å². The molecular formula is C13H11F2N3O2. The van der Waals surface area contributed by atoms with E-state index in [1.165, 1.54) is 11.5 Å². The first kappa shape index (κ1) is 13.9. The first-order valence-corrected chi connectivity index (χ1v) is 5.63. The van der Waals surface area contributed by atoms with E-state index in [0.717, 1.165) is 30.5 Å². The molecule has 0 aliphatic rings. The van der Waals surface area contributed by atoms with E-state index in [9.17, 15) is 18.4 Å². The molecule has 0 aliphatic heterocycles. The van der Waals surface area contributed by atoms with Crippen LogP contribution in [-0.4, -0.2) is 10.5 Å². The van der Waals surface area contributed by atoms with Gasteiger partial charge in [-0.2, -0.15) is 0 Å². The number of nitrogens with two attached hydrogens (primary N) is 1. The van der Waals surface area contributed by atoms with Crippen molar-refractivity contribution in [1.29, 1.82) is 0 Å². The van der Waals surface area contributed by atoms with E-state index in [-0.39, 0.29) is 11.3 Å². The molecule has 104 valence electrons. The zero-order valence-electron chi connectivity index (χ0n) is 10.5. The highest BCUT2D eigenvalue weighted by Gasteiger charge is 2.14. The lowest BCUT2D eigenvalue weighted by Gasteiger charge is -2.13. The number of amides is 1. The molecule has 0 bridgehead atoms. The molecule has 1 aromatic carbocycles. The normalized spacial score (nSPS) is 10.4. The number of rotatable bonds is 2. The fraction of sp³-hybridized carbons (Fsp3) is 0.0769. The summed E-state index contributed by atoms with van der Waals surface area (Å²) in [6, 6.07) is 4.06. The first-order valence-electron chi connectivity index (χ1n) is 5.63. The number of nitrogens with zero attached hydrogens (tertiary/aromatic N) is 1. The summed E-state index contributed by atoms with van der Waals surface area (Å²) in [5.74, 6) is 2.85. The van der Waals surface area contributed by atoms with Crippen molar-refractivity contribution < 1.29 is 13.6 Å². The number of aromatic nitrogens is 1. The highest BCUT2D eigenvalue weighted by molar-refractivity contribution is 5.93. The Morgan fingerprint density at radius 1 is 1.30 bits per heavy atom. The van der Waals surface area contributed by atoms with Crippen LogP contribution in [0.1, 0.15) is 16.1 Å². The van der Waals surface area contributed by atoms with Crippen LogP contribution < -0.4 is 16.7 Å². The number of benzene rings is 1. The minimum absolute atomic E-state index is 0.103. The summed E-state index contributed by atoms with van der Waals surface area (Å²) in [5, 5.41) is 0. The van der Waals surface area contributed by atoms with E-state index in [1.807, 2.05) is 5.43 Å². The number of carbonyl (C=O) groups is 1. The minimum Gasteiger partial charge on any atom is -0.317 e. The molecule has 0 saturated heterocycles. The largest absolute Gasteiger partial charge is 0.317 e. The molecule has 0 atom stereocenters. The smallest absolute Gasteiger partial charge is 0.270 e. The number of pyridine rings is 1. The number of carbonyl (C=O) groups excluding carboxylic acids is 1. The molecule has 0 unspecified atom stereocenters. The van der Waals surface area contributed by atoms with Gasteiger partial charge in [-0.25, -0.2) is 14.6 Å². The van der Waals surface area contributed by atoms with Gasteiger partial charge in [0.2, 0.25) is 0 Å². The predicted octanol–water partition coefficient (Wildman–Crippen LogP) is 1.03. The Balaban J connectivity index is 2.71. The highest BCUT2D eigenvalue weighted by Crippen LogP contribution is 2.16. The van der Waals surface area contributed by atoms with Crippen LogP contribution in [0.3, 0.4) is 0 Å². The predicted molar refractivity (Wildman–Crippen MR) is 68.3 cm³/mol. The van der Waals surface area contributed by atoms with Gasteiger partial charge in [0.15, 0.2) is 5.43 Å². The minimum atomic E-state index is -0.805. The van der Waals surface area contributed by atoms with Crippen LogP contribution >= 0.6 is 0 Å². The fourth-order valence-corrected chi connectivity index (χ4v) is 1.81. The Bertz CT molecular complexity index is 741. The number of nitrogen functional groups attached to an aromatic ring is 1. The van der Waals surface area contributed by atoms with E-state index in [2.05, 4.69) is 0 Å². The van der Waals surface area contributed by atoms with Crippen molar-refractivity contribution in [2.45, 2.75) is 6.92 Å². The van der Waals surface area contributed by atoms with Crippen LogP contribution in [0.2, 0.25) is 0 Å². The summed E-state index contributed by atoms with van der Waals surface area (Å²) in [6.07, 6.45) is 1.12. The maximum Gasteiger partial charge on any atom is 0.270 e. The van der Waals surface area contributed by atoms with Crippen molar-refractivity contribution in [2.75, 3.05) is 0 Å². The van der Waals surface area contributed by atoms with Gasteiger partial charge in [-0.15, -0.1) is 0 Å². The maximum absolute atomic E-state index is 13.8. The van der Waals surface area contributed by atoms with Crippen molar-refractivity contribution in [3.63, 3.8) is 0 Å². The number of hydrogen-bond acceptors (Lipinski definition) is 3. The molecule has 2 aromatic rings. The summed E-state index contributed by atoms with van der Waals surface area (Å²) in [4.78, 5) is 23.1. The molecule has 2 rings (SSSR count). The van der Waals surface area contributed by atoms with E-state index in [1.54, 1.807) is 0 Å². The zero-order chi connectivity index (χ0) is 14.9. The standard InChI is InChI=1S/C13H11F2N3O2/c1-7-4-12(19)9(13(20)17-16)6-18(7)11-5-8(14)2-3-10(11)15/h2-6H,16H2,1H3,(H,17,20). The van der Waals surface area contributed by atoms with E-state index in [0.29, 0.717) is 5.69 Å². The molecule has 1 aromatic heterocycles. The lowest BCUT2D eigenvalue weighted by Crippen LogP contribution is -2.34. The third-order valence-corrected chi connectivity index (χ3v) is 2.79. The van der Waals surface area contributed by atoms with E-state index < -0.39 is 23.0 Å². The molecule has 0 saturated carbocycles. The fourth-order valence-electron chi connectivity index (χ4n) is 1.81. The van der Waals surface area contributed by atoms with E-state index >= 15 is 0 Å². The van der Waals surface area contributed by atoms with Gasteiger partial charge in [0.25, 0.3) is 5.91 Å². The molecule has 1 amide bonds. The zero-order valence-corrected chi connectivity index (χ0v) is 10.5. The Morgan fingerprint density at radius 2 is 2.00 bits per heavy atom. The van der Waals surface area contributed by atoms with Crippen LogP contribution in [-0.2, 0) is 0 Å². The second-order valence-electron chi connectivity index (χ2n) is 4.13. The number of aryl methyl sites for hydroxylation is 1. The molecule has 0 spiro atoms. The van der Waals surface area contributed by atoms with Gasteiger partial charge in [-0.1, -0.05) is 0 Å².